The van der Waals surface area contributed by atoms with Crippen molar-refractivity contribution in [2.24, 2.45) is 4.99 Å². The molecule has 0 fully saturated rings. The Bertz CT molecular complexity index is 1270. The number of aromatic nitrogens is 1. The second-order valence-corrected chi connectivity index (χ2v) is 6.75. The first-order chi connectivity index (χ1) is 14.3. The van der Waals surface area contributed by atoms with Crippen LogP contribution in [0.2, 0.25) is 0 Å². The highest BCUT2D eigenvalue weighted by atomic mass is 16.5. The molecule has 0 spiro atoms. The molecule has 1 aliphatic carbocycles. The fourth-order valence-corrected chi connectivity index (χ4v) is 3.58. The van der Waals surface area contributed by atoms with Gasteiger partial charge in [0, 0.05) is 23.5 Å². The van der Waals surface area contributed by atoms with Gasteiger partial charge in [-0.25, -0.2) is 0 Å². The van der Waals surface area contributed by atoms with Gasteiger partial charge in [-0.1, -0.05) is 59.8 Å². The van der Waals surface area contributed by atoms with E-state index >= 15 is 0 Å². The summed E-state index contributed by atoms with van der Waals surface area (Å²) in [6.45, 7) is 0.627. The van der Waals surface area contributed by atoms with Crippen molar-refractivity contribution in [3.8, 4) is 11.3 Å². The maximum Gasteiger partial charge on any atom is 0.196 e. The normalized spacial score (nSPS) is 12.8. The van der Waals surface area contributed by atoms with Crippen LogP contribution in [0, 0.1) is 0 Å². The molecule has 5 nitrogen and oxygen atoms in total. The molecule has 5 rings (SSSR count). The van der Waals surface area contributed by atoms with Crippen LogP contribution in [0.25, 0.3) is 22.2 Å². The molecule has 4 aromatic rings. The van der Waals surface area contributed by atoms with Crippen molar-refractivity contribution < 1.29 is 9.32 Å². The first-order valence-corrected chi connectivity index (χ1v) is 9.35. The number of nitrogens with zero attached hydrogens (tertiary/aromatic N) is 2. The Morgan fingerprint density at radius 3 is 2.62 bits per heavy atom. The van der Waals surface area contributed by atoms with Gasteiger partial charge >= 0.3 is 0 Å². The molecule has 0 amide bonds. The Labute approximate surface area is 167 Å². The summed E-state index contributed by atoms with van der Waals surface area (Å²) >= 11 is 0. The van der Waals surface area contributed by atoms with Crippen molar-refractivity contribution in [3.63, 3.8) is 0 Å². The lowest BCUT2D eigenvalue weighted by Gasteiger charge is -2.16. The molecule has 1 aromatic heterocycles. The van der Waals surface area contributed by atoms with Crippen LogP contribution in [0.4, 0.5) is 5.69 Å². The summed E-state index contributed by atoms with van der Waals surface area (Å²) < 4.78 is 5.56. The molecule has 1 heterocycles. The second kappa shape index (κ2) is 7.20. The highest BCUT2D eigenvalue weighted by molar-refractivity contribution is 6.27. The highest BCUT2D eigenvalue weighted by Gasteiger charge is 2.30. The number of aliphatic imine (C=N–C) groups is 1. The standard InChI is InChI=1S/C24H17N3O2/c28-23-17-9-4-5-10-18(17)24-22-20(27-29-24)12-11-19(21(22)23)26-14-6-13-25-15-16-7-2-1-3-8-16/h1-14,26H,15H2/b14-6+,25-13?. The van der Waals surface area contributed by atoms with Gasteiger partial charge in [-0.05, 0) is 23.8 Å². The molecule has 3 aromatic carbocycles. The van der Waals surface area contributed by atoms with Crippen LogP contribution in [-0.2, 0) is 6.54 Å². The number of anilines is 1. The SMILES string of the molecule is O=C1c2ccccc2-c2onc3ccc(N/C=C/C=NCc4ccccc4)c1c23. The number of fused-ring (bicyclic) bond motifs is 2. The van der Waals surface area contributed by atoms with Crippen LogP contribution in [0.1, 0.15) is 21.5 Å². The molecule has 0 radical (unpaired) electrons. The van der Waals surface area contributed by atoms with Gasteiger partial charge < -0.3 is 9.84 Å². The van der Waals surface area contributed by atoms with Crippen LogP contribution in [0.5, 0.6) is 0 Å². The molecule has 0 saturated heterocycles. The van der Waals surface area contributed by atoms with Gasteiger partial charge in [0.25, 0.3) is 0 Å². The molecule has 0 bridgehead atoms. The van der Waals surface area contributed by atoms with Crippen molar-refractivity contribution >= 4 is 28.6 Å². The van der Waals surface area contributed by atoms with Crippen molar-refractivity contribution in [1.82, 2.24) is 5.16 Å². The third-order valence-corrected chi connectivity index (χ3v) is 4.93. The molecule has 0 atom stereocenters. The number of rotatable bonds is 5. The summed E-state index contributed by atoms with van der Waals surface area (Å²) in [7, 11) is 0. The topological polar surface area (TPSA) is 67.5 Å². The van der Waals surface area contributed by atoms with Gasteiger partial charge in [0.2, 0.25) is 0 Å². The third kappa shape index (κ3) is 3.02. The summed E-state index contributed by atoms with van der Waals surface area (Å²) in [5.74, 6) is 0.609. The fraction of sp³-hybridized carbons (Fsp3) is 0.0417. The van der Waals surface area contributed by atoms with E-state index in [2.05, 4.69) is 15.5 Å². The summed E-state index contributed by atoms with van der Waals surface area (Å²) in [5.41, 5.74) is 4.55. The summed E-state index contributed by atoms with van der Waals surface area (Å²) in [6.07, 6.45) is 5.33. The zero-order valence-corrected chi connectivity index (χ0v) is 15.5. The largest absolute Gasteiger partial charge is 0.361 e. The monoisotopic (exact) mass is 379 g/mol. The number of ketones is 1. The third-order valence-electron chi connectivity index (χ3n) is 4.93. The van der Waals surface area contributed by atoms with Crippen molar-refractivity contribution in [2.75, 3.05) is 5.32 Å². The van der Waals surface area contributed by atoms with Gasteiger partial charge in [0.05, 0.1) is 23.2 Å². The van der Waals surface area contributed by atoms with Gasteiger partial charge in [0.15, 0.2) is 11.5 Å². The Morgan fingerprint density at radius 2 is 1.76 bits per heavy atom. The van der Waals surface area contributed by atoms with Gasteiger partial charge in [-0.3, -0.25) is 9.79 Å². The number of hydrogen-bond acceptors (Lipinski definition) is 5. The van der Waals surface area contributed by atoms with Crippen LogP contribution in [-0.4, -0.2) is 17.2 Å². The molecule has 0 aliphatic heterocycles. The summed E-state index contributed by atoms with van der Waals surface area (Å²) in [6, 6.07) is 21.2. The van der Waals surface area contributed by atoms with Crippen LogP contribution in [0.3, 0.4) is 0 Å². The predicted molar refractivity (Wildman–Crippen MR) is 114 cm³/mol. The molecule has 1 N–H and O–H groups in total. The summed E-state index contributed by atoms with van der Waals surface area (Å²) in [5, 5.41) is 8.08. The van der Waals surface area contributed by atoms with Crippen molar-refractivity contribution in [1.29, 1.82) is 0 Å². The Balaban J connectivity index is 1.41. The highest BCUT2D eigenvalue weighted by Crippen LogP contribution is 2.42. The van der Waals surface area contributed by atoms with Gasteiger partial charge in [0.1, 0.15) is 5.52 Å². The zero-order chi connectivity index (χ0) is 19.6. The lowest BCUT2D eigenvalue weighted by atomic mass is 9.87. The number of hydrogen-bond donors (Lipinski definition) is 1. The fourth-order valence-electron chi connectivity index (χ4n) is 3.58. The maximum absolute atomic E-state index is 13.1. The minimum atomic E-state index is -0.0319. The van der Waals surface area contributed by atoms with Crippen LogP contribution >= 0.6 is 0 Å². The molecule has 29 heavy (non-hydrogen) atoms. The van der Waals surface area contributed by atoms with E-state index in [-0.39, 0.29) is 5.78 Å². The molecular formula is C24H17N3O2. The van der Waals surface area contributed by atoms with E-state index in [1.165, 1.54) is 0 Å². The lowest BCUT2D eigenvalue weighted by Crippen LogP contribution is -2.11. The lowest BCUT2D eigenvalue weighted by molar-refractivity contribution is 0.104. The van der Waals surface area contributed by atoms with Gasteiger partial charge in [-0.2, -0.15) is 0 Å². The van der Waals surface area contributed by atoms with E-state index in [0.29, 0.717) is 34.6 Å². The van der Waals surface area contributed by atoms with E-state index < -0.39 is 0 Å². The first-order valence-electron chi connectivity index (χ1n) is 9.35. The number of benzene rings is 3. The zero-order valence-electron chi connectivity index (χ0n) is 15.5. The first kappa shape index (κ1) is 17.1. The molecule has 0 saturated carbocycles. The molecule has 5 heteroatoms. The smallest absolute Gasteiger partial charge is 0.196 e. The Kier molecular flexibility index (Phi) is 4.26. The molecule has 140 valence electrons. The average molecular weight is 379 g/mol. The molecular weight excluding hydrogens is 362 g/mol. The number of carbonyl (C=O) groups excluding carboxylic acids is 1. The number of nitrogens with one attached hydrogen (secondary N) is 1. The molecule has 1 aliphatic rings. The molecule has 0 unspecified atom stereocenters. The van der Waals surface area contributed by atoms with Crippen LogP contribution in [0.15, 0.2) is 88.5 Å². The van der Waals surface area contributed by atoms with E-state index in [1.54, 1.807) is 12.4 Å². The van der Waals surface area contributed by atoms with Crippen LogP contribution < -0.4 is 5.32 Å². The van der Waals surface area contributed by atoms with Crippen molar-refractivity contribution in [2.45, 2.75) is 6.54 Å². The Morgan fingerprint density at radius 1 is 0.966 bits per heavy atom. The van der Waals surface area contributed by atoms with Crippen molar-refractivity contribution in [3.05, 3.63) is 95.7 Å². The minimum Gasteiger partial charge on any atom is -0.361 e. The van der Waals surface area contributed by atoms with E-state index in [9.17, 15) is 4.79 Å². The number of carbonyl (C=O) groups is 1. The minimum absolute atomic E-state index is 0.0319. The predicted octanol–water partition coefficient (Wildman–Crippen LogP) is 5.24. The van der Waals surface area contributed by atoms with Gasteiger partial charge in [-0.15, -0.1) is 0 Å². The maximum atomic E-state index is 13.1. The van der Waals surface area contributed by atoms with E-state index in [0.717, 1.165) is 16.5 Å². The Hall–Kier alpha value is -3.99. The summed E-state index contributed by atoms with van der Waals surface area (Å²) in [4.78, 5) is 17.5. The van der Waals surface area contributed by atoms with E-state index in [4.69, 9.17) is 4.52 Å². The second-order valence-electron chi connectivity index (χ2n) is 6.75. The number of allylic oxidation sites excluding steroid dienone is 1. The average Bonchev–Trinajstić information content (AvgIpc) is 3.20. The van der Waals surface area contributed by atoms with E-state index in [1.807, 2.05) is 72.8 Å². The quantitative estimate of drug-likeness (QED) is 0.424.